The van der Waals surface area contributed by atoms with Gasteiger partial charge in [0.1, 0.15) is 11.5 Å². The van der Waals surface area contributed by atoms with E-state index in [-0.39, 0.29) is 24.8 Å². The molecule has 0 unspecified atom stereocenters. The molecule has 122 valence electrons. The molecule has 0 bridgehead atoms. The smallest absolute Gasteiger partial charge is 0.387 e. The molecular formula is C17H17F2NO3. The molecule has 0 spiro atoms. The average molecular weight is 321 g/mol. The van der Waals surface area contributed by atoms with Crippen molar-refractivity contribution in [2.24, 2.45) is 0 Å². The van der Waals surface area contributed by atoms with Crippen molar-refractivity contribution in [1.82, 2.24) is 5.32 Å². The van der Waals surface area contributed by atoms with Gasteiger partial charge >= 0.3 is 6.61 Å². The molecule has 0 aliphatic heterocycles. The predicted molar refractivity (Wildman–Crippen MR) is 81.6 cm³/mol. The Morgan fingerprint density at radius 1 is 1.13 bits per heavy atom. The number of aryl methyl sites for hydroxylation is 1. The van der Waals surface area contributed by atoms with Gasteiger partial charge in [0, 0.05) is 12.1 Å². The molecule has 2 aromatic rings. The van der Waals surface area contributed by atoms with Gasteiger partial charge in [0.05, 0.1) is 0 Å². The van der Waals surface area contributed by atoms with Crippen LogP contribution < -0.4 is 14.8 Å². The number of amides is 1. The number of carbonyl (C=O) groups is 1. The van der Waals surface area contributed by atoms with E-state index in [1.165, 1.54) is 6.07 Å². The third-order valence-electron chi connectivity index (χ3n) is 3.06. The topological polar surface area (TPSA) is 47.6 Å². The Morgan fingerprint density at radius 3 is 2.52 bits per heavy atom. The minimum atomic E-state index is -2.91. The lowest BCUT2D eigenvalue weighted by Gasteiger charge is -2.11. The van der Waals surface area contributed by atoms with Crippen LogP contribution >= 0.6 is 0 Å². The van der Waals surface area contributed by atoms with Crippen molar-refractivity contribution in [3.8, 4) is 11.5 Å². The average Bonchev–Trinajstić information content (AvgIpc) is 2.53. The molecule has 0 fully saturated rings. The highest BCUT2D eigenvalue weighted by atomic mass is 19.3. The van der Waals surface area contributed by atoms with Gasteiger partial charge in [-0.1, -0.05) is 35.9 Å². The van der Waals surface area contributed by atoms with Gasteiger partial charge in [-0.05, 0) is 25.1 Å². The summed E-state index contributed by atoms with van der Waals surface area (Å²) in [5.74, 6) is 0.284. The van der Waals surface area contributed by atoms with E-state index in [4.69, 9.17) is 4.74 Å². The van der Waals surface area contributed by atoms with E-state index in [2.05, 4.69) is 10.1 Å². The quantitative estimate of drug-likeness (QED) is 0.851. The van der Waals surface area contributed by atoms with Crippen LogP contribution in [0.3, 0.4) is 0 Å². The van der Waals surface area contributed by atoms with Gasteiger partial charge in [-0.25, -0.2) is 0 Å². The minimum Gasteiger partial charge on any atom is -0.484 e. The maximum Gasteiger partial charge on any atom is 0.387 e. The zero-order valence-corrected chi connectivity index (χ0v) is 12.6. The second kappa shape index (κ2) is 8.12. The predicted octanol–water partition coefficient (Wildman–Crippen LogP) is 3.29. The number of rotatable bonds is 7. The van der Waals surface area contributed by atoms with Crippen LogP contribution in [0.15, 0.2) is 48.5 Å². The molecule has 4 nitrogen and oxygen atoms in total. The third kappa shape index (κ3) is 5.58. The Balaban J connectivity index is 1.83. The Labute approximate surface area is 133 Å². The van der Waals surface area contributed by atoms with Gasteiger partial charge in [0.2, 0.25) is 0 Å². The fourth-order valence-electron chi connectivity index (χ4n) is 1.89. The van der Waals surface area contributed by atoms with Crippen LogP contribution in [0, 0.1) is 6.92 Å². The maximum absolute atomic E-state index is 12.3. The fourth-order valence-corrected chi connectivity index (χ4v) is 1.89. The number of alkyl halides is 2. The van der Waals surface area contributed by atoms with Gasteiger partial charge < -0.3 is 14.8 Å². The summed E-state index contributed by atoms with van der Waals surface area (Å²) >= 11 is 0. The summed E-state index contributed by atoms with van der Waals surface area (Å²) < 4.78 is 34.4. The highest BCUT2D eigenvalue weighted by Gasteiger charge is 2.10. The summed E-state index contributed by atoms with van der Waals surface area (Å²) in [5.41, 5.74) is 1.56. The summed E-state index contributed by atoms with van der Waals surface area (Å²) in [5, 5.41) is 2.61. The largest absolute Gasteiger partial charge is 0.484 e. The van der Waals surface area contributed by atoms with Gasteiger partial charge in [-0.3, -0.25) is 4.79 Å². The summed E-state index contributed by atoms with van der Waals surface area (Å²) in [6.45, 7) is -1.02. The molecule has 0 heterocycles. The minimum absolute atomic E-state index is 0.0438. The molecule has 0 aliphatic carbocycles. The lowest BCUT2D eigenvalue weighted by molar-refractivity contribution is -0.123. The van der Waals surface area contributed by atoms with Crippen LogP contribution in [-0.4, -0.2) is 19.1 Å². The van der Waals surface area contributed by atoms with E-state index in [9.17, 15) is 13.6 Å². The molecule has 2 rings (SSSR count). The summed E-state index contributed by atoms with van der Waals surface area (Å²) in [4.78, 5) is 11.8. The molecule has 0 radical (unpaired) electrons. The summed E-state index contributed by atoms with van der Waals surface area (Å²) in [7, 11) is 0. The standard InChI is InChI=1S/C17H17F2NO3/c1-12-6-8-14(9-7-12)22-11-16(21)20-10-13-4-2-3-5-15(13)23-17(18)19/h2-9,17H,10-11H2,1H3,(H,20,21). The summed E-state index contributed by atoms with van der Waals surface area (Å²) in [6, 6.07) is 13.6. The molecule has 0 aliphatic rings. The van der Waals surface area contributed by atoms with Crippen LogP contribution in [0.4, 0.5) is 8.78 Å². The number of hydrogen-bond donors (Lipinski definition) is 1. The zero-order chi connectivity index (χ0) is 16.7. The second-order valence-electron chi connectivity index (χ2n) is 4.86. The van der Waals surface area contributed by atoms with E-state index >= 15 is 0 Å². The molecule has 2 aromatic carbocycles. The Bertz CT molecular complexity index is 645. The van der Waals surface area contributed by atoms with Crippen molar-refractivity contribution in [2.45, 2.75) is 20.1 Å². The van der Waals surface area contributed by atoms with Gasteiger partial charge in [0.25, 0.3) is 5.91 Å². The van der Waals surface area contributed by atoms with E-state index in [1.807, 2.05) is 19.1 Å². The lowest BCUT2D eigenvalue weighted by atomic mass is 10.2. The van der Waals surface area contributed by atoms with Crippen molar-refractivity contribution in [3.05, 3.63) is 59.7 Å². The zero-order valence-electron chi connectivity index (χ0n) is 12.6. The first-order valence-electron chi connectivity index (χ1n) is 7.03. The second-order valence-corrected chi connectivity index (χ2v) is 4.86. The molecule has 1 amide bonds. The first-order chi connectivity index (χ1) is 11.0. The van der Waals surface area contributed by atoms with Crippen LogP contribution in [0.1, 0.15) is 11.1 Å². The molecule has 23 heavy (non-hydrogen) atoms. The first kappa shape index (κ1) is 16.7. The number of benzene rings is 2. The molecular weight excluding hydrogens is 304 g/mol. The van der Waals surface area contributed by atoms with Crippen molar-refractivity contribution < 1.29 is 23.0 Å². The third-order valence-corrected chi connectivity index (χ3v) is 3.06. The van der Waals surface area contributed by atoms with Crippen molar-refractivity contribution in [2.75, 3.05) is 6.61 Å². The molecule has 0 saturated carbocycles. The van der Waals surface area contributed by atoms with Gasteiger partial charge in [-0.15, -0.1) is 0 Å². The molecule has 0 atom stereocenters. The van der Waals surface area contributed by atoms with Crippen LogP contribution in [0.5, 0.6) is 11.5 Å². The molecule has 6 heteroatoms. The highest BCUT2D eigenvalue weighted by Crippen LogP contribution is 2.19. The first-order valence-corrected chi connectivity index (χ1v) is 7.03. The van der Waals surface area contributed by atoms with E-state index in [0.29, 0.717) is 11.3 Å². The number of carbonyl (C=O) groups excluding carboxylic acids is 1. The molecule has 1 N–H and O–H groups in total. The monoisotopic (exact) mass is 321 g/mol. The van der Waals surface area contributed by atoms with E-state index in [0.717, 1.165) is 5.56 Å². The number of halogens is 2. The molecule has 0 saturated heterocycles. The van der Waals surface area contributed by atoms with E-state index in [1.54, 1.807) is 30.3 Å². The van der Waals surface area contributed by atoms with E-state index < -0.39 is 6.61 Å². The number of hydrogen-bond acceptors (Lipinski definition) is 3. The van der Waals surface area contributed by atoms with Crippen LogP contribution in [0.25, 0.3) is 0 Å². The Morgan fingerprint density at radius 2 is 1.83 bits per heavy atom. The fraction of sp³-hybridized carbons (Fsp3) is 0.235. The number of nitrogens with one attached hydrogen (secondary N) is 1. The van der Waals surface area contributed by atoms with Gasteiger partial charge in [0.15, 0.2) is 6.61 Å². The number of ether oxygens (including phenoxy) is 2. The van der Waals surface area contributed by atoms with Crippen LogP contribution in [0.2, 0.25) is 0 Å². The highest BCUT2D eigenvalue weighted by molar-refractivity contribution is 5.77. The Hall–Kier alpha value is -2.63. The summed E-state index contributed by atoms with van der Waals surface area (Å²) in [6.07, 6.45) is 0. The van der Waals surface area contributed by atoms with Crippen LogP contribution in [-0.2, 0) is 11.3 Å². The maximum atomic E-state index is 12.3. The van der Waals surface area contributed by atoms with Crippen molar-refractivity contribution in [1.29, 1.82) is 0 Å². The van der Waals surface area contributed by atoms with Crippen molar-refractivity contribution in [3.63, 3.8) is 0 Å². The van der Waals surface area contributed by atoms with Gasteiger partial charge in [-0.2, -0.15) is 8.78 Å². The SMILES string of the molecule is Cc1ccc(OCC(=O)NCc2ccccc2OC(F)F)cc1. The number of para-hydroxylation sites is 1. The molecule has 0 aromatic heterocycles. The lowest BCUT2D eigenvalue weighted by Crippen LogP contribution is -2.28. The Kier molecular flexibility index (Phi) is 5.91. The normalized spacial score (nSPS) is 10.4. The van der Waals surface area contributed by atoms with Crippen molar-refractivity contribution >= 4 is 5.91 Å².